The highest BCUT2D eigenvalue weighted by Crippen LogP contribution is 2.36. The Bertz CT molecular complexity index is 425. The normalized spacial score (nSPS) is 18.7. The summed E-state index contributed by atoms with van der Waals surface area (Å²) in [4.78, 5) is 11.8. The van der Waals surface area contributed by atoms with Gasteiger partial charge in [-0.25, -0.2) is 4.79 Å². The van der Waals surface area contributed by atoms with Crippen LogP contribution in [0.25, 0.3) is 0 Å². The number of hydrogen-bond acceptors (Lipinski definition) is 4. The van der Waals surface area contributed by atoms with Gasteiger partial charge in [0, 0.05) is 6.42 Å². The van der Waals surface area contributed by atoms with Crippen molar-refractivity contribution in [2.75, 3.05) is 14.2 Å². The molecule has 1 atom stereocenters. The minimum Gasteiger partial charge on any atom is -0.493 e. The molecule has 86 valence electrons. The topological polar surface area (TPSA) is 44.8 Å². The Balaban J connectivity index is 2.58. The van der Waals surface area contributed by atoms with Crippen molar-refractivity contribution in [3.63, 3.8) is 0 Å². The maximum atomic E-state index is 11.8. The van der Waals surface area contributed by atoms with Crippen LogP contribution in [0.15, 0.2) is 12.1 Å². The average molecular weight is 222 g/mol. The Morgan fingerprint density at radius 3 is 2.69 bits per heavy atom. The first-order chi connectivity index (χ1) is 7.67. The molecular formula is C12H14O4. The maximum absolute atomic E-state index is 11.8. The second-order valence-electron chi connectivity index (χ2n) is 3.76. The van der Waals surface area contributed by atoms with Gasteiger partial charge < -0.3 is 14.2 Å². The number of ether oxygens (including phenoxy) is 3. The lowest BCUT2D eigenvalue weighted by Gasteiger charge is -2.24. The van der Waals surface area contributed by atoms with Crippen molar-refractivity contribution in [2.24, 2.45) is 0 Å². The molecule has 0 aromatic heterocycles. The fraction of sp³-hybridized carbons (Fsp3) is 0.417. The monoisotopic (exact) mass is 222 g/mol. The molecule has 4 heteroatoms. The lowest BCUT2D eigenvalue weighted by molar-refractivity contribution is 0.0296. The number of hydrogen-bond donors (Lipinski definition) is 0. The predicted octanol–water partition coefficient (Wildman–Crippen LogP) is 1.81. The molecular weight excluding hydrogens is 208 g/mol. The minimum atomic E-state index is -0.343. The predicted molar refractivity (Wildman–Crippen MR) is 58.1 cm³/mol. The van der Waals surface area contributed by atoms with E-state index in [0.29, 0.717) is 23.5 Å². The summed E-state index contributed by atoms with van der Waals surface area (Å²) in [6.07, 6.45) is 0.625. The van der Waals surface area contributed by atoms with Crippen LogP contribution in [0.5, 0.6) is 11.5 Å². The van der Waals surface area contributed by atoms with Crippen LogP contribution in [-0.4, -0.2) is 26.3 Å². The minimum absolute atomic E-state index is 0.0851. The second-order valence-corrected chi connectivity index (χ2v) is 3.76. The summed E-state index contributed by atoms with van der Waals surface area (Å²) in [5, 5.41) is 0. The molecule has 1 aromatic rings. The van der Waals surface area contributed by atoms with E-state index in [4.69, 9.17) is 14.2 Å². The Hall–Kier alpha value is -1.71. The lowest BCUT2D eigenvalue weighted by atomic mass is 9.98. The van der Waals surface area contributed by atoms with E-state index in [1.54, 1.807) is 7.11 Å². The Morgan fingerprint density at radius 2 is 2.06 bits per heavy atom. The number of fused-ring (bicyclic) bond motifs is 1. The summed E-state index contributed by atoms with van der Waals surface area (Å²) in [6, 6.07) is 3.69. The summed E-state index contributed by atoms with van der Waals surface area (Å²) in [6.45, 7) is 1.87. The number of carbonyl (C=O) groups excluding carboxylic acids is 1. The molecule has 0 saturated carbocycles. The van der Waals surface area contributed by atoms with Gasteiger partial charge in [0.2, 0.25) is 0 Å². The average Bonchev–Trinajstić information content (AvgIpc) is 2.27. The quantitative estimate of drug-likeness (QED) is 0.716. The molecule has 0 spiro atoms. The first-order valence-electron chi connectivity index (χ1n) is 5.12. The van der Waals surface area contributed by atoms with Gasteiger partial charge in [0.15, 0.2) is 11.5 Å². The number of esters is 1. The van der Waals surface area contributed by atoms with Gasteiger partial charge in [-0.1, -0.05) is 6.07 Å². The summed E-state index contributed by atoms with van der Waals surface area (Å²) in [5.74, 6) is 0.661. The summed E-state index contributed by atoms with van der Waals surface area (Å²) < 4.78 is 15.5. The van der Waals surface area contributed by atoms with Crippen LogP contribution >= 0.6 is 0 Å². The zero-order valence-electron chi connectivity index (χ0n) is 9.57. The fourth-order valence-corrected chi connectivity index (χ4v) is 1.95. The molecule has 2 rings (SSSR count). The van der Waals surface area contributed by atoms with Crippen LogP contribution < -0.4 is 9.47 Å². The standard InChI is InChI=1S/C12H14O4/c1-7-6-8-4-5-9(14-2)11(15-3)10(8)12(13)16-7/h4-5,7H,6H2,1-3H3. The second kappa shape index (κ2) is 4.04. The molecule has 1 heterocycles. The van der Waals surface area contributed by atoms with E-state index < -0.39 is 0 Å². The molecule has 4 nitrogen and oxygen atoms in total. The highest BCUT2D eigenvalue weighted by molar-refractivity contribution is 5.96. The van der Waals surface area contributed by atoms with Crippen molar-refractivity contribution in [3.05, 3.63) is 23.3 Å². The number of benzene rings is 1. The van der Waals surface area contributed by atoms with Crippen LogP contribution in [0.2, 0.25) is 0 Å². The van der Waals surface area contributed by atoms with Crippen molar-refractivity contribution >= 4 is 5.97 Å². The third-order valence-corrected chi connectivity index (χ3v) is 2.65. The van der Waals surface area contributed by atoms with Gasteiger partial charge in [-0.15, -0.1) is 0 Å². The zero-order chi connectivity index (χ0) is 11.7. The first kappa shape index (κ1) is 10.8. The van der Waals surface area contributed by atoms with E-state index in [1.165, 1.54) is 7.11 Å². The van der Waals surface area contributed by atoms with Crippen LogP contribution in [0.1, 0.15) is 22.8 Å². The lowest BCUT2D eigenvalue weighted by Crippen LogP contribution is -2.25. The van der Waals surface area contributed by atoms with E-state index in [0.717, 1.165) is 5.56 Å². The van der Waals surface area contributed by atoms with Crippen LogP contribution in [0.3, 0.4) is 0 Å². The van der Waals surface area contributed by atoms with Crippen molar-refractivity contribution in [1.82, 2.24) is 0 Å². The van der Waals surface area contributed by atoms with Gasteiger partial charge >= 0.3 is 5.97 Å². The van der Waals surface area contributed by atoms with Gasteiger partial charge in [0.1, 0.15) is 11.7 Å². The molecule has 0 saturated heterocycles. The Labute approximate surface area is 94.1 Å². The van der Waals surface area contributed by atoms with Crippen LogP contribution in [-0.2, 0) is 11.2 Å². The number of methoxy groups -OCH3 is 2. The summed E-state index contributed by atoms with van der Waals surface area (Å²) in [7, 11) is 3.06. The molecule has 16 heavy (non-hydrogen) atoms. The van der Waals surface area contributed by atoms with Gasteiger partial charge in [0.05, 0.1) is 14.2 Å². The molecule has 0 fully saturated rings. The summed E-state index contributed by atoms with van der Waals surface area (Å²) >= 11 is 0. The molecule has 0 radical (unpaired) electrons. The van der Waals surface area contributed by atoms with Crippen LogP contribution in [0, 0.1) is 0 Å². The molecule has 1 aliphatic heterocycles. The molecule has 1 aliphatic rings. The van der Waals surface area contributed by atoms with Gasteiger partial charge in [-0.05, 0) is 18.6 Å². The van der Waals surface area contributed by atoms with E-state index in [-0.39, 0.29) is 12.1 Å². The third-order valence-electron chi connectivity index (χ3n) is 2.65. The number of carbonyl (C=O) groups is 1. The largest absolute Gasteiger partial charge is 0.493 e. The molecule has 0 aliphatic carbocycles. The van der Waals surface area contributed by atoms with Crippen molar-refractivity contribution < 1.29 is 19.0 Å². The zero-order valence-corrected chi connectivity index (χ0v) is 9.57. The van der Waals surface area contributed by atoms with E-state index >= 15 is 0 Å². The molecule has 0 amide bonds. The van der Waals surface area contributed by atoms with Gasteiger partial charge in [-0.3, -0.25) is 0 Å². The van der Waals surface area contributed by atoms with Crippen molar-refractivity contribution in [2.45, 2.75) is 19.4 Å². The van der Waals surface area contributed by atoms with Crippen molar-refractivity contribution in [1.29, 1.82) is 0 Å². The molecule has 1 unspecified atom stereocenters. The van der Waals surface area contributed by atoms with Crippen LogP contribution in [0.4, 0.5) is 0 Å². The Morgan fingerprint density at radius 1 is 1.31 bits per heavy atom. The summed E-state index contributed by atoms with van der Waals surface area (Å²) in [5.41, 5.74) is 1.43. The Kier molecular flexibility index (Phi) is 2.73. The highest BCUT2D eigenvalue weighted by Gasteiger charge is 2.29. The van der Waals surface area contributed by atoms with E-state index in [2.05, 4.69) is 0 Å². The molecule has 0 bridgehead atoms. The maximum Gasteiger partial charge on any atom is 0.342 e. The number of rotatable bonds is 2. The van der Waals surface area contributed by atoms with Gasteiger partial charge in [-0.2, -0.15) is 0 Å². The SMILES string of the molecule is COc1ccc2c(c1OC)C(=O)OC(C)C2. The molecule has 1 aromatic carbocycles. The van der Waals surface area contributed by atoms with E-state index in [9.17, 15) is 4.79 Å². The van der Waals surface area contributed by atoms with Crippen molar-refractivity contribution in [3.8, 4) is 11.5 Å². The smallest absolute Gasteiger partial charge is 0.342 e. The third kappa shape index (κ3) is 1.60. The molecule has 0 N–H and O–H groups in total. The van der Waals surface area contributed by atoms with E-state index in [1.807, 2.05) is 19.1 Å². The van der Waals surface area contributed by atoms with Gasteiger partial charge in [0.25, 0.3) is 0 Å². The highest BCUT2D eigenvalue weighted by atomic mass is 16.5. The first-order valence-corrected chi connectivity index (χ1v) is 5.12. The fourth-order valence-electron chi connectivity index (χ4n) is 1.95. The number of cyclic esters (lactones) is 1.